The van der Waals surface area contributed by atoms with Crippen molar-refractivity contribution >= 4 is 34.5 Å². The van der Waals surface area contributed by atoms with E-state index < -0.39 is 5.97 Å². The van der Waals surface area contributed by atoms with Crippen LogP contribution in [0.5, 0.6) is 0 Å². The van der Waals surface area contributed by atoms with Gasteiger partial charge in [0.15, 0.2) is 0 Å². The number of nitrogens with one attached hydrogen (secondary N) is 1. The van der Waals surface area contributed by atoms with Crippen molar-refractivity contribution in [3.05, 3.63) is 55.6 Å². The average molecular weight is 457 g/mol. The van der Waals surface area contributed by atoms with Gasteiger partial charge < -0.3 is 10.4 Å². The third-order valence-corrected chi connectivity index (χ3v) is 7.79. The van der Waals surface area contributed by atoms with Crippen molar-refractivity contribution < 1.29 is 9.90 Å². The topological polar surface area (TPSA) is 88.0 Å². The number of hydrogen-bond acceptors (Lipinski definition) is 7. The van der Waals surface area contributed by atoms with Crippen molar-refractivity contribution in [3.63, 3.8) is 0 Å². The number of aryl methyl sites for hydroxylation is 4. The fourth-order valence-electron chi connectivity index (χ4n) is 3.90. The molecule has 8 heteroatoms. The molecule has 3 aromatic heterocycles. The molecule has 0 aromatic carbocycles. The minimum absolute atomic E-state index is 0.0718. The van der Waals surface area contributed by atoms with Gasteiger partial charge in [-0.1, -0.05) is 13.0 Å². The molecular formula is C23H28N4O2S2. The van der Waals surface area contributed by atoms with Crippen molar-refractivity contribution in [2.24, 2.45) is 0 Å². The lowest BCUT2D eigenvalue weighted by Crippen LogP contribution is -2.14. The summed E-state index contributed by atoms with van der Waals surface area (Å²) in [5.74, 6) is 0.204. The first-order chi connectivity index (χ1) is 15.1. The maximum Gasteiger partial charge on any atom is 0.304 e. The fourth-order valence-corrected chi connectivity index (χ4v) is 5.71. The lowest BCUT2D eigenvalue weighted by molar-refractivity contribution is -0.137. The summed E-state index contributed by atoms with van der Waals surface area (Å²) < 4.78 is 0. The van der Waals surface area contributed by atoms with E-state index in [9.17, 15) is 9.90 Å². The third-order valence-electron chi connectivity index (χ3n) is 5.53. The molecule has 0 saturated heterocycles. The van der Waals surface area contributed by atoms with Crippen LogP contribution in [0.2, 0.25) is 0 Å². The number of nitrogens with zero attached hydrogens (tertiary/aromatic N) is 3. The number of fused-ring (bicyclic) bond motifs is 1. The van der Waals surface area contributed by atoms with Crippen molar-refractivity contribution in [2.45, 2.75) is 64.2 Å². The molecular weight excluding hydrogens is 428 g/mol. The molecule has 1 aliphatic heterocycles. The molecule has 6 nitrogen and oxygen atoms in total. The van der Waals surface area contributed by atoms with Crippen LogP contribution in [0.1, 0.15) is 63.9 Å². The number of thiazole rings is 2. The van der Waals surface area contributed by atoms with Gasteiger partial charge in [0.2, 0.25) is 0 Å². The molecule has 1 unspecified atom stereocenters. The molecule has 0 saturated carbocycles. The highest BCUT2D eigenvalue weighted by Crippen LogP contribution is 2.30. The van der Waals surface area contributed by atoms with Gasteiger partial charge in [-0.05, 0) is 56.6 Å². The Labute approximate surface area is 190 Å². The Morgan fingerprint density at radius 1 is 1.23 bits per heavy atom. The summed E-state index contributed by atoms with van der Waals surface area (Å²) in [5, 5.41) is 17.0. The second kappa shape index (κ2) is 10.3. The zero-order valence-corrected chi connectivity index (χ0v) is 19.4. The van der Waals surface area contributed by atoms with Crippen LogP contribution in [0.3, 0.4) is 0 Å². The van der Waals surface area contributed by atoms with E-state index in [4.69, 9.17) is 9.97 Å². The number of carbonyl (C=O) groups is 1. The molecule has 31 heavy (non-hydrogen) atoms. The highest BCUT2D eigenvalue weighted by atomic mass is 32.1. The molecule has 0 bridgehead atoms. The van der Waals surface area contributed by atoms with Crippen molar-refractivity contribution in [2.75, 3.05) is 11.9 Å². The highest BCUT2D eigenvalue weighted by Gasteiger charge is 2.20. The van der Waals surface area contributed by atoms with Gasteiger partial charge in [0.1, 0.15) is 5.82 Å². The Morgan fingerprint density at radius 3 is 2.94 bits per heavy atom. The minimum Gasteiger partial charge on any atom is -0.481 e. The number of aromatic nitrogens is 3. The highest BCUT2D eigenvalue weighted by molar-refractivity contribution is 7.11. The number of anilines is 1. The number of aliphatic carboxylic acids is 1. The molecule has 0 aliphatic carbocycles. The molecule has 0 radical (unpaired) electrons. The summed E-state index contributed by atoms with van der Waals surface area (Å²) in [5.41, 5.74) is 3.43. The second-order valence-electron chi connectivity index (χ2n) is 7.94. The lowest BCUT2D eigenvalue weighted by atomic mass is 9.98. The molecule has 4 heterocycles. The predicted molar refractivity (Wildman–Crippen MR) is 125 cm³/mol. The van der Waals surface area contributed by atoms with E-state index in [0.29, 0.717) is 6.42 Å². The van der Waals surface area contributed by atoms with E-state index in [1.54, 1.807) is 22.7 Å². The Bertz CT molecular complexity index is 1030. The molecule has 0 amide bonds. The standard InChI is InChI=1S/C23H28N4O2S2/c1-2-20-25-13-19(31-20)16(12-22(28)29)11-18-14-30-21(26-18)7-3-6-17-9-8-15-5-4-10-24-23(15)27-17/h8-9,13-14,16H,2-7,10-12H2,1H3,(H,24,27)(H,28,29). The first kappa shape index (κ1) is 21.9. The zero-order valence-electron chi connectivity index (χ0n) is 17.8. The second-order valence-corrected chi connectivity index (χ2v) is 10.0. The van der Waals surface area contributed by atoms with Gasteiger partial charge in [0, 0.05) is 34.6 Å². The molecule has 3 aromatic rings. The van der Waals surface area contributed by atoms with Gasteiger partial charge >= 0.3 is 5.97 Å². The largest absolute Gasteiger partial charge is 0.481 e. The van der Waals surface area contributed by atoms with Crippen LogP contribution >= 0.6 is 22.7 Å². The van der Waals surface area contributed by atoms with Gasteiger partial charge in [-0.15, -0.1) is 22.7 Å². The molecule has 1 atom stereocenters. The van der Waals surface area contributed by atoms with Crippen LogP contribution in [0.15, 0.2) is 23.7 Å². The van der Waals surface area contributed by atoms with Crippen LogP contribution in [-0.4, -0.2) is 32.6 Å². The first-order valence-corrected chi connectivity index (χ1v) is 12.6. The summed E-state index contributed by atoms with van der Waals surface area (Å²) in [7, 11) is 0. The van der Waals surface area contributed by atoms with Gasteiger partial charge in [-0.3, -0.25) is 4.79 Å². The molecule has 4 rings (SSSR count). The minimum atomic E-state index is -0.779. The van der Waals surface area contributed by atoms with E-state index in [1.165, 1.54) is 12.0 Å². The molecule has 1 aliphatic rings. The Morgan fingerprint density at radius 2 is 2.13 bits per heavy atom. The van der Waals surface area contributed by atoms with Crippen molar-refractivity contribution in [1.29, 1.82) is 0 Å². The molecule has 164 valence electrons. The monoisotopic (exact) mass is 456 g/mol. The Balaban J connectivity index is 1.33. The number of carboxylic acid groups (broad SMARTS) is 1. The van der Waals surface area contributed by atoms with Crippen LogP contribution in [-0.2, 0) is 36.9 Å². The van der Waals surface area contributed by atoms with Gasteiger partial charge in [-0.2, -0.15) is 0 Å². The average Bonchev–Trinajstić information content (AvgIpc) is 3.42. The van der Waals surface area contributed by atoms with E-state index in [0.717, 1.165) is 70.7 Å². The summed E-state index contributed by atoms with van der Waals surface area (Å²) in [6.07, 6.45) is 8.62. The van der Waals surface area contributed by atoms with E-state index in [1.807, 2.05) is 6.20 Å². The fraction of sp³-hybridized carbons (Fsp3) is 0.478. The van der Waals surface area contributed by atoms with E-state index in [2.05, 4.69) is 34.7 Å². The van der Waals surface area contributed by atoms with Gasteiger partial charge in [-0.25, -0.2) is 15.0 Å². The van der Waals surface area contributed by atoms with Gasteiger partial charge in [0.05, 0.1) is 22.1 Å². The van der Waals surface area contributed by atoms with E-state index in [-0.39, 0.29) is 12.3 Å². The van der Waals surface area contributed by atoms with Crippen LogP contribution in [0, 0.1) is 0 Å². The summed E-state index contributed by atoms with van der Waals surface area (Å²) in [6, 6.07) is 4.35. The first-order valence-electron chi connectivity index (χ1n) is 10.9. The SMILES string of the molecule is CCc1ncc(C(CC(=O)O)Cc2csc(CCCc3ccc4c(n3)NCCC4)n2)s1. The Kier molecular flexibility index (Phi) is 7.29. The van der Waals surface area contributed by atoms with Gasteiger partial charge in [0.25, 0.3) is 0 Å². The molecule has 0 fully saturated rings. The maximum atomic E-state index is 11.4. The van der Waals surface area contributed by atoms with Crippen molar-refractivity contribution in [1.82, 2.24) is 15.0 Å². The van der Waals surface area contributed by atoms with E-state index >= 15 is 0 Å². The maximum absolute atomic E-state index is 11.4. The number of pyridine rings is 1. The van der Waals surface area contributed by atoms with Crippen LogP contribution in [0.25, 0.3) is 0 Å². The van der Waals surface area contributed by atoms with Crippen molar-refractivity contribution in [3.8, 4) is 0 Å². The number of carboxylic acids is 1. The zero-order chi connectivity index (χ0) is 21.6. The summed E-state index contributed by atoms with van der Waals surface area (Å²) in [6.45, 7) is 3.08. The van der Waals surface area contributed by atoms with Crippen LogP contribution in [0.4, 0.5) is 5.82 Å². The molecule has 0 spiro atoms. The number of rotatable bonds is 10. The summed E-state index contributed by atoms with van der Waals surface area (Å²) in [4.78, 5) is 26.4. The quantitative estimate of drug-likeness (QED) is 0.451. The number of hydrogen-bond donors (Lipinski definition) is 2. The van der Waals surface area contributed by atoms with Crippen LogP contribution < -0.4 is 5.32 Å². The predicted octanol–water partition coefficient (Wildman–Crippen LogP) is 4.89. The smallest absolute Gasteiger partial charge is 0.304 e. The third kappa shape index (κ3) is 5.89. The molecule has 2 N–H and O–H groups in total. The summed E-state index contributed by atoms with van der Waals surface area (Å²) >= 11 is 3.29. The Hall–Kier alpha value is -2.32. The lowest BCUT2D eigenvalue weighted by Gasteiger charge is -2.17. The normalized spacial score (nSPS) is 14.1.